The van der Waals surface area contributed by atoms with Crippen LogP contribution in [-0.4, -0.2) is 66.8 Å². The Labute approximate surface area is 209 Å². The van der Waals surface area contributed by atoms with Gasteiger partial charge in [-0.3, -0.25) is 24.0 Å². The van der Waals surface area contributed by atoms with Crippen LogP contribution in [0, 0.1) is 0 Å². The maximum atomic E-state index is 12.7. The van der Waals surface area contributed by atoms with Gasteiger partial charge in [-0.2, -0.15) is 0 Å². The van der Waals surface area contributed by atoms with E-state index in [9.17, 15) is 28.8 Å². The van der Waals surface area contributed by atoms with Crippen LogP contribution in [0.15, 0.2) is 24.3 Å². The van der Waals surface area contributed by atoms with Crippen molar-refractivity contribution in [3.63, 3.8) is 0 Å². The summed E-state index contributed by atoms with van der Waals surface area (Å²) >= 11 is 0. The molecule has 0 aromatic heterocycles. The zero-order valence-electron chi connectivity index (χ0n) is 20.8. The third-order valence-corrected chi connectivity index (χ3v) is 5.62. The predicted molar refractivity (Wildman–Crippen MR) is 129 cm³/mol. The van der Waals surface area contributed by atoms with E-state index in [0.29, 0.717) is 11.3 Å². The molecule has 4 unspecified atom stereocenters. The van der Waals surface area contributed by atoms with Gasteiger partial charge >= 0.3 is 5.97 Å². The lowest BCUT2D eigenvalue weighted by molar-refractivity contribution is -0.145. The van der Waals surface area contributed by atoms with Crippen molar-refractivity contribution in [1.29, 1.82) is 0 Å². The average Bonchev–Trinajstić information content (AvgIpc) is 2.85. The number of esters is 1. The summed E-state index contributed by atoms with van der Waals surface area (Å²) in [6.07, 6.45) is 0.105. The minimum Gasteiger partial charge on any atom is -0.467 e. The second-order valence-electron chi connectivity index (χ2n) is 8.52. The maximum Gasteiger partial charge on any atom is 0.328 e. The van der Waals surface area contributed by atoms with E-state index in [1.807, 2.05) is 0 Å². The van der Waals surface area contributed by atoms with Crippen LogP contribution in [0.4, 0.5) is 5.69 Å². The number of fused-ring (bicyclic) bond motifs is 18. The Balaban J connectivity index is 2.28. The highest BCUT2D eigenvalue weighted by atomic mass is 16.5. The molecular formula is C24H33N5O7. The summed E-state index contributed by atoms with van der Waals surface area (Å²) in [7, 11) is 1.20. The van der Waals surface area contributed by atoms with E-state index in [0.717, 1.165) is 0 Å². The van der Waals surface area contributed by atoms with Gasteiger partial charge in [0.25, 0.3) is 0 Å². The first-order chi connectivity index (χ1) is 17.0. The highest BCUT2D eigenvalue weighted by Gasteiger charge is 2.28. The molecule has 2 aliphatic rings. The largest absolute Gasteiger partial charge is 0.467 e. The second-order valence-corrected chi connectivity index (χ2v) is 8.52. The monoisotopic (exact) mass is 503 g/mol. The Bertz CT molecular complexity index is 995. The van der Waals surface area contributed by atoms with Crippen LogP contribution in [0.3, 0.4) is 0 Å². The summed E-state index contributed by atoms with van der Waals surface area (Å²) in [5, 5.41) is 12.8. The molecule has 196 valence electrons. The van der Waals surface area contributed by atoms with Crippen LogP contribution in [-0.2, 0) is 39.9 Å². The van der Waals surface area contributed by atoms with Gasteiger partial charge in [0.15, 0.2) is 0 Å². The fraction of sp³-hybridized carbons (Fsp3) is 0.500. The quantitative estimate of drug-likeness (QED) is 0.268. The van der Waals surface area contributed by atoms with Gasteiger partial charge in [0.2, 0.25) is 29.5 Å². The Hall–Kier alpha value is -3.96. The minimum atomic E-state index is -1.02. The summed E-state index contributed by atoms with van der Waals surface area (Å²) in [6.45, 7) is 4.58. The number of hydrogen-bond acceptors (Lipinski definition) is 7. The van der Waals surface area contributed by atoms with Crippen molar-refractivity contribution >= 4 is 41.2 Å². The fourth-order valence-electron chi connectivity index (χ4n) is 3.45. The molecule has 0 fully saturated rings. The van der Waals surface area contributed by atoms with Crippen molar-refractivity contribution < 1.29 is 33.5 Å². The Morgan fingerprint density at radius 2 is 1.42 bits per heavy atom. The Morgan fingerprint density at radius 1 is 0.833 bits per heavy atom. The molecule has 1 aromatic carbocycles. The Kier molecular flexibility index (Phi) is 10.4. The van der Waals surface area contributed by atoms with Crippen LogP contribution >= 0.6 is 0 Å². The lowest BCUT2D eigenvalue weighted by Gasteiger charge is -2.23. The highest BCUT2D eigenvalue weighted by molar-refractivity contribution is 5.96. The summed E-state index contributed by atoms with van der Waals surface area (Å²) in [6, 6.07) is 2.69. The molecule has 2 bridgehead atoms. The van der Waals surface area contributed by atoms with Gasteiger partial charge in [0.1, 0.15) is 24.2 Å². The first kappa shape index (κ1) is 28.3. The summed E-state index contributed by atoms with van der Waals surface area (Å²) < 4.78 is 4.81. The molecule has 5 N–H and O–H groups in total. The van der Waals surface area contributed by atoms with Crippen molar-refractivity contribution in [2.45, 2.75) is 70.6 Å². The normalized spacial score (nSPS) is 24.8. The molecule has 4 atom stereocenters. The average molecular weight is 504 g/mol. The maximum absolute atomic E-state index is 12.7. The first-order valence-corrected chi connectivity index (χ1v) is 11.7. The number of carbonyl (C=O) groups excluding carboxylic acids is 6. The third kappa shape index (κ3) is 8.36. The van der Waals surface area contributed by atoms with Gasteiger partial charge in [0, 0.05) is 24.9 Å². The lowest BCUT2D eigenvalue weighted by Crippen LogP contribution is -2.56. The standard InChI is InChI=1S/C24H33N5O7/c1-5-17-23(34)26-14(3)22(33)29-18(24(35)36-4)12-15-6-8-16(9-7-15)27-20(31)11-10-19(30)25-13(2)21(32)28-17/h6-9,13-14,17-18H,5,10-12H2,1-4H3,(H,25,30)(H,26,34)(H,27,31)(H,28,32)(H,29,33). The summed E-state index contributed by atoms with van der Waals surface area (Å²) in [5.41, 5.74) is 1.18. The number of anilines is 1. The molecule has 1 aromatic rings. The van der Waals surface area contributed by atoms with E-state index >= 15 is 0 Å². The van der Waals surface area contributed by atoms with Crippen molar-refractivity contribution in [2.24, 2.45) is 0 Å². The SMILES string of the molecule is CCC1NC(=O)C(C)NC(=O)CCC(=O)Nc2ccc(cc2)CC(C(=O)OC)NC(=O)C(C)NC1=O. The van der Waals surface area contributed by atoms with Crippen molar-refractivity contribution in [1.82, 2.24) is 21.3 Å². The zero-order chi connectivity index (χ0) is 26.8. The van der Waals surface area contributed by atoms with E-state index in [1.165, 1.54) is 21.0 Å². The van der Waals surface area contributed by atoms with Crippen LogP contribution in [0.1, 0.15) is 45.6 Å². The van der Waals surface area contributed by atoms with Gasteiger partial charge in [-0.25, -0.2) is 4.79 Å². The number of methoxy groups -OCH3 is 1. The molecule has 2 heterocycles. The number of ether oxygens (including phenoxy) is 1. The van der Waals surface area contributed by atoms with E-state index in [4.69, 9.17) is 4.74 Å². The van der Waals surface area contributed by atoms with Crippen molar-refractivity contribution in [3.8, 4) is 0 Å². The molecule has 0 saturated carbocycles. The summed E-state index contributed by atoms with van der Waals surface area (Å²) in [4.78, 5) is 74.6. The number of benzene rings is 1. The van der Waals surface area contributed by atoms with Crippen molar-refractivity contribution in [3.05, 3.63) is 29.8 Å². The lowest BCUT2D eigenvalue weighted by atomic mass is 10.0. The minimum absolute atomic E-state index is 0.101. The van der Waals surface area contributed by atoms with E-state index in [1.54, 1.807) is 31.2 Å². The summed E-state index contributed by atoms with van der Waals surface area (Å²) in [5.74, 6) is -3.36. The van der Waals surface area contributed by atoms with Gasteiger partial charge in [-0.1, -0.05) is 19.1 Å². The molecular weight excluding hydrogens is 470 g/mol. The number of rotatable bonds is 2. The van der Waals surface area contributed by atoms with E-state index in [2.05, 4.69) is 26.6 Å². The molecule has 3 rings (SSSR count). The second kappa shape index (κ2) is 13.2. The smallest absolute Gasteiger partial charge is 0.328 e. The van der Waals surface area contributed by atoms with E-state index < -0.39 is 59.7 Å². The zero-order valence-corrected chi connectivity index (χ0v) is 20.8. The van der Waals surface area contributed by atoms with Gasteiger partial charge in [-0.15, -0.1) is 0 Å². The molecule has 0 spiro atoms. The van der Waals surface area contributed by atoms with Crippen LogP contribution in [0.5, 0.6) is 0 Å². The molecule has 36 heavy (non-hydrogen) atoms. The van der Waals surface area contributed by atoms with E-state index in [-0.39, 0.29) is 25.7 Å². The van der Waals surface area contributed by atoms with Gasteiger partial charge < -0.3 is 31.3 Å². The number of carbonyl (C=O) groups is 6. The fourth-order valence-corrected chi connectivity index (χ4v) is 3.45. The van der Waals surface area contributed by atoms with Crippen LogP contribution in [0.25, 0.3) is 0 Å². The number of amides is 5. The first-order valence-electron chi connectivity index (χ1n) is 11.7. The third-order valence-electron chi connectivity index (χ3n) is 5.62. The predicted octanol–water partition coefficient (Wildman–Crippen LogP) is -0.477. The molecule has 12 nitrogen and oxygen atoms in total. The van der Waals surface area contributed by atoms with Gasteiger partial charge in [-0.05, 0) is 38.0 Å². The van der Waals surface area contributed by atoms with Crippen LogP contribution < -0.4 is 26.6 Å². The van der Waals surface area contributed by atoms with Crippen molar-refractivity contribution in [2.75, 3.05) is 12.4 Å². The topological polar surface area (TPSA) is 172 Å². The molecule has 0 aliphatic carbocycles. The molecule has 2 aliphatic heterocycles. The van der Waals surface area contributed by atoms with Crippen LogP contribution in [0.2, 0.25) is 0 Å². The molecule has 0 radical (unpaired) electrons. The molecule has 0 saturated heterocycles. The van der Waals surface area contributed by atoms with Gasteiger partial charge in [0.05, 0.1) is 7.11 Å². The number of hydrogen-bond donors (Lipinski definition) is 5. The highest BCUT2D eigenvalue weighted by Crippen LogP contribution is 2.13. The Morgan fingerprint density at radius 3 is 2.03 bits per heavy atom. The number of nitrogens with one attached hydrogen (secondary N) is 5. The molecule has 12 heteroatoms. The molecule has 5 amide bonds.